The third-order valence-electron chi connectivity index (χ3n) is 6.54. The Kier molecular flexibility index (Phi) is 13.9. The third kappa shape index (κ3) is 8.49. The normalized spacial score (nSPS) is 20.0. The number of morpholine rings is 1. The van der Waals surface area contributed by atoms with Gasteiger partial charge >= 0.3 is 0 Å². The van der Waals surface area contributed by atoms with E-state index in [1.165, 1.54) is 12.8 Å². The van der Waals surface area contributed by atoms with Gasteiger partial charge < -0.3 is 20.3 Å². The number of halogens is 1. The minimum Gasteiger partial charge on any atom is -0.379 e. The van der Waals surface area contributed by atoms with Crippen molar-refractivity contribution in [1.82, 2.24) is 20.4 Å². The molecule has 0 aliphatic carbocycles. The molecule has 0 aromatic rings. The molecule has 30 heavy (non-hydrogen) atoms. The number of rotatable bonds is 9. The average molecular weight is 538 g/mol. The second kappa shape index (κ2) is 15.2. The molecule has 2 aliphatic heterocycles. The molecule has 0 spiro atoms. The summed E-state index contributed by atoms with van der Waals surface area (Å²) in [6.07, 6.45) is 5.13. The molecule has 2 N–H and O–H groups in total. The van der Waals surface area contributed by atoms with Crippen LogP contribution in [0.15, 0.2) is 4.99 Å². The largest absolute Gasteiger partial charge is 0.379 e. The van der Waals surface area contributed by atoms with E-state index in [0.717, 1.165) is 71.3 Å². The average Bonchev–Trinajstić information content (AvgIpc) is 2.77. The molecule has 1 unspecified atom stereocenters. The minimum absolute atomic E-state index is 0. The van der Waals surface area contributed by atoms with Gasteiger partial charge in [0.15, 0.2) is 5.96 Å². The van der Waals surface area contributed by atoms with Gasteiger partial charge in [-0.1, -0.05) is 26.7 Å². The molecule has 7 nitrogen and oxygen atoms in total. The smallest absolute Gasteiger partial charge is 0.220 e. The first-order valence-corrected chi connectivity index (χ1v) is 11.7. The molecule has 2 aliphatic rings. The number of guanidine groups is 1. The molecule has 1 amide bonds. The second-order valence-electron chi connectivity index (χ2n) is 8.29. The predicted octanol–water partition coefficient (Wildman–Crippen LogP) is 2.56. The Balaban J connectivity index is 0.00000450. The van der Waals surface area contributed by atoms with Gasteiger partial charge in [-0.05, 0) is 31.6 Å². The molecule has 0 saturated carbocycles. The summed E-state index contributed by atoms with van der Waals surface area (Å²) in [6, 6.07) is 0.480. The van der Waals surface area contributed by atoms with Crippen LogP contribution in [0.4, 0.5) is 0 Å². The first-order chi connectivity index (χ1) is 14.1. The zero-order chi connectivity index (χ0) is 21.1. The van der Waals surface area contributed by atoms with Gasteiger partial charge in [-0.2, -0.15) is 0 Å². The van der Waals surface area contributed by atoms with Crippen molar-refractivity contribution in [3.63, 3.8) is 0 Å². The fraction of sp³-hybridized carbons (Fsp3) is 0.909. The zero-order valence-corrected chi connectivity index (χ0v) is 21.8. The summed E-state index contributed by atoms with van der Waals surface area (Å²) in [5.41, 5.74) is 0. The van der Waals surface area contributed by atoms with E-state index in [2.05, 4.69) is 41.2 Å². The summed E-state index contributed by atoms with van der Waals surface area (Å²) < 4.78 is 5.58. The van der Waals surface area contributed by atoms with Crippen molar-refractivity contribution in [1.29, 1.82) is 0 Å². The maximum atomic E-state index is 11.7. The van der Waals surface area contributed by atoms with Crippen LogP contribution in [0.3, 0.4) is 0 Å². The molecule has 176 valence electrons. The summed E-state index contributed by atoms with van der Waals surface area (Å²) in [7, 11) is 1.72. The standard InChI is InChI=1S/C22H43N5O2.HI/c1-5-19(6-2)20(26-12-14-29-15-13-26)17-25-22(24-7-3)27-10-8-18(9-11-27)16-21(28)23-4;/h18-20H,5-17H2,1-4H3,(H,23,28)(H,24,25);1H. The molecule has 0 bridgehead atoms. The molecule has 2 heterocycles. The quantitative estimate of drug-likeness (QED) is 0.269. The Hall–Kier alpha value is -0.610. The molecular weight excluding hydrogens is 493 g/mol. The molecule has 1 atom stereocenters. The molecule has 0 aromatic carbocycles. The van der Waals surface area contributed by atoms with E-state index in [4.69, 9.17) is 9.73 Å². The summed E-state index contributed by atoms with van der Waals surface area (Å²) in [5.74, 6) is 2.34. The van der Waals surface area contributed by atoms with Gasteiger partial charge in [0, 0.05) is 52.2 Å². The van der Waals surface area contributed by atoms with Gasteiger partial charge in [0.2, 0.25) is 5.91 Å². The lowest BCUT2D eigenvalue weighted by Crippen LogP contribution is -2.50. The number of likely N-dealkylation sites (tertiary alicyclic amines) is 1. The van der Waals surface area contributed by atoms with E-state index >= 15 is 0 Å². The molecule has 0 radical (unpaired) electrons. The van der Waals surface area contributed by atoms with E-state index in [1.54, 1.807) is 7.05 Å². The maximum absolute atomic E-state index is 11.7. The van der Waals surface area contributed by atoms with Crippen LogP contribution in [0.1, 0.15) is 52.9 Å². The Bertz CT molecular complexity index is 502. The molecule has 2 saturated heterocycles. The highest BCUT2D eigenvalue weighted by Crippen LogP contribution is 2.22. The Labute approximate surface area is 200 Å². The number of nitrogens with zero attached hydrogens (tertiary/aromatic N) is 3. The number of carbonyl (C=O) groups is 1. The van der Waals surface area contributed by atoms with Crippen LogP contribution < -0.4 is 10.6 Å². The van der Waals surface area contributed by atoms with Crippen LogP contribution in [-0.4, -0.2) is 87.2 Å². The fourth-order valence-corrected chi connectivity index (χ4v) is 4.62. The van der Waals surface area contributed by atoms with Gasteiger partial charge in [0.1, 0.15) is 0 Å². The van der Waals surface area contributed by atoms with Crippen molar-refractivity contribution in [2.45, 2.75) is 58.9 Å². The SMILES string of the molecule is CCNC(=NCC(C(CC)CC)N1CCOCC1)N1CCC(CC(=O)NC)CC1.I. The zero-order valence-electron chi connectivity index (χ0n) is 19.5. The first kappa shape index (κ1) is 27.4. The number of carbonyl (C=O) groups excluding carboxylic acids is 1. The van der Waals surface area contributed by atoms with E-state index < -0.39 is 0 Å². The third-order valence-corrected chi connectivity index (χ3v) is 6.54. The summed E-state index contributed by atoms with van der Waals surface area (Å²) in [6.45, 7) is 14.1. The first-order valence-electron chi connectivity index (χ1n) is 11.7. The fourth-order valence-electron chi connectivity index (χ4n) is 4.62. The van der Waals surface area contributed by atoms with Crippen molar-refractivity contribution in [3.05, 3.63) is 0 Å². The van der Waals surface area contributed by atoms with Crippen LogP contribution in [-0.2, 0) is 9.53 Å². The van der Waals surface area contributed by atoms with Gasteiger partial charge in [-0.3, -0.25) is 14.7 Å². The monoisotopic (exact) mass is 537 g/mol. The van der Waals surface area contributed by atoms with Gasteiger partial charge in [-0.25, -0.2) is 0 Å². The molecule has 2 rings (SSSR count). The number of aliphatic imine (C=N–C) groups is 1. The lowest BCUT2D eigenvalue weighted by atomic mass is 9.92. The minimum atomic E-state index is 0. The Morgan fingerprint density at radius 3 is 2.27 bits per heavy atom. The predicted molar refractivity (Wildman–Crippen MR) is 135 cm³/mol. The van der Waals surface area contributed by atoms with Crippen LogP contribution >= 0.6 is 24.0 Å². The number of hydrogen-bond acceptors (Lipinski definition) is 4. The highest BCUT2D eigenvalue weighted by molar-refractivity contribution is 14.0. The molecule has 8 heteroatoms. The van der Waals surface area contributed by atoms with Crippen molar-refractivity contribution in [2.24, 2.45) is 16.8 Å². The maximum Gasteiger partial charge on any atom is 0.220 e. The Morgan fingerprint density at radius 2 is 1.73 bits per heavy atom. The number of nitrogens with one attached hydrogen (secondary N) is 2. The van der Waals surface area contributed by atoms with Crippen molar-refractivity contribution in [2.75, 3.05) is 59.5 Å². The van der Waals surface area contributed by atoms with Gasteiger partial charge in [0.25, 0.3) is 0 Å². The molecule has 2 fully saturated rings. The van der Waals surface area contributed by atoms with E-state index in [9.17, 15) is 4.79 Å². The lowest BCUT2D eigenvalue weighted by molar-refractivity contribution is -0.121. The highest BCUT2D eigenvalue weighted by atomic mass is 127. The lowest BCUT2D eigenvalue weighted by Gasteiger charge is -2.38. The number of amides is 1. The summed E-state index contributed by atoms with van der Waals surface area (Å²) in [5, 5.41) is 6.26. The topological polar surface area (TPSA) is 69.2 Å². The number of hydrogen-bond donors (Lipinski definition) is 2. The number of piperidine rings is 1. The van der Waals surface area contributed by atoms with Gasteiger partial charge in [-0.15, -0.1) is 24.0 Å². The van der Waals surface area contributed by atoms with Crippen molar-refractivity contribution in [3.8, 4) is 0 Å². The van der Waals surface area contributed by atoms with Crippen molar-refractivity contribution >= 4 is 35.8 Å². The van der Waals surface area contributed by atoms with Crippen LogP contribution in [0, 0.1) is 11.8 Å². The van der Waals surface area contributed by atoms with Crippen LogP contribution in [0.2, 0.25) is 0 Å². The molecular formula is C22H44IN5O2. The Morgan fingerprint density at radius 1 is 1.10 bits per heavy atom. The number of ether oxygens (including phenoxy) is 1. The van der Waals surface area contributed by atoms with E-state index in [0.29, 0.717) is 24.3 Å². The molecule has 0 aromatic heterocycles. The van der Waals surface area contributed by atoms with E-state index in [1.807, 2.05) is 0 Å². The second-order valence-corrected chi connectivity index (χ2v) is 8.29. The summed E-state index contributed by atoms with van der Waals surface area (Å²) in [4.78, 5) is 21.7. The van der Waals surface area contributed by atoms with E-state index in [-0.39, 0.29) is 29.9 Å². The van der Waals surface area contributed by atoms with Gasteiger partial charge in [0.05, 0.1) is 19.8 Å². The van der Waals surface area contributed by atoms with Crippen molar-refractivity contribution < 1.29 is 9.53 Å². The summed E-state index contributed by atoms with van der Waals surface area (Å²) >= 11 is 0. The highest BCUT2D eigenvalue weighted by Gasteiger charge is 2.28. The van der Waals surface area contributed by atoms with Crippen LogP contribution in [0.5, 0.6) is 0 Å². The van der Waals surface area contributed by atoms with Crippen LogP contribution in [0.25, 0.3) is 0 Å².